The molecule has 1 aliphatic heterocycles. The number of carbonyl (C=O) groups is 1. The van der Waals surface area contributed by atoms with E-state index in [1.54, 1.807) is 23.1 Å². The molecule has 20 heavy (non-hydrogen) atoms. The highest BCUT2D eigenvalue weighted by molar-refractivity contribution is 6.32. The zero-order valence-corrected chi connectivity index (χ0v) is 12.1. The van der Waals surface area contributed by atoms with Gasteiger partial charge in [-0.2, -0.15) is 0 Å². The Bertz CT molecular complexity index is 563. The van der Waals surface area contributed by atoms with Crippen LogP contribution < -0.4 is 5.73 Å². The third-order valence-electron chi connectivity index (χ3n) is 3.07. The van der Waals surface area contributed by atoms with Crippen LogP contribution in [0.4, 0.5) is 0 Å². The summed E-state index contributed by atoms with van der Waals surface area (Å²) in [6.45, 7) is 4.02. The lowest BCUT2D eigenvalue weighted by Crippen LogP contribution is -2.44. The highest BCUT2D eigenvalue weighted by Crippen LogP contribution is 2.19. The molecule has 1 fully saturated rings. The smallest absolute Gasteiger partial charge is 0.254 e. The van der Waals surface area contributed by atoms with Gasteiger partial charge in [-0.05, 0) is 25.1 Å². The van der Waals surface area contributed by atoms with Crippen LogP contribution in [0.2, 0.25) is 5.02 Å². The van der Waals surface area contributed by atoms with Gasteiger partial charge in [-0.15, -0.1) is 0 Å². The molecule has 2 N–H and O–H groups in total. The number of carbonyl (C=O) groups excluding carboxylic acids is 1. The summed E-state index contributed by atoms with van der Waals surface area (Å²) < 4.78 is 5.43. The molecule has 1 unspecified atom stereocenters. The first kappa shape index (κ1) is 14.9. The van der Waals surface area contributed by atoms with Crippen molar-refractivity contribution >= 4 is 17.5 Å². The molecule has 0 bridgehead atoms. The van der Waals surface area contributed by atoms with Gasteiger partial charge in [0.05, 0.1) is 24.3 Å². The van der Waals surface area contributed by atoms with E-state index >= 15 is 0 Å². The summed E-state index contributed by atoms with van der Waals surface area (Å²) in [6, 6.07) is 5.15. The average Bonchev–Trinajstić information content (AvgIpc) is 2.45. The number of nitrogens with two attached hydrogens (primary N) is 1. The molecule has 1 heterocycles. The fourth-order valence-corrected chi connectivity index (χ4v) is 2.31. The van der Waals surface area contributed by atoms with Gasteiger partial charge in [0.15, 0.2) is 0 Å². The zero-order chi connectivity index (χ0) is 14.5. The lowest BCUT2D eigenvalue weighted by molar-refractivity contribution is -0.0124. The minimum Gasteiger partial charge on any atom is -0.375 e. The Morgan fingerprint density at radius 1 is 1.60 bits per heavy atom. The average molecular weight is 293 g/mol. The van der Waals surface area contributed by atoms with Gasteiger partial charge in [-0.1, -0.05) is 23.4 Å². The fourth-order valence-electron chi connectivity index (χ4n) is 2.08. The summed E-state index contributed by atoms with van der Waals surface area (Å²) in [6.07, 6.45) is 0.0675. The molecule has 106 valence electrons. The van der Waals surface area contributed by atoms with Crippen LogP contribution in [0.1, 0.15) is 22.8 Å². The monoisotopic (exact) mass is 292 g/mol. The zero-order valence-electron chi connectivity index (χ0n) is 11.4. The molecule has 0 spiro atoms. The largest absolute Gasteiger partial charge is 0.375 e. The van der Waals surface area contributed by atoms with Gasteiger partial charge in [0.2, 0.25) is 0 Å². The lowest BCUT2D eigenvalue weighted by atomic mass is 10.1. The molecule has 0 saturated carbocycles. The highest BCUT2D eigenvalue weighted by atomic mass is 35.5. The maximum atomic E-state index is 12.4. The molecule has 1 aliphatic rings. The van der Waals surface area contributed by atoms with Gasteiger partial charge in [0.25, 0.3) is 5.91 Å². The van der Waals surface area contributed by atoms with Crippen LogP contribution in [-0.4, -0.2) is 43.2 Å². The van der Waals surface area contributed by atoms with E-state index in [4.69, 9.17) is 22.1 Å². The van der Waals surface area contributed by atoms with Crippen molar-refractivity contribution < 1.29 is 9.53 Å². The predicted octanol–water partition coefficient (Wildman–Crippen LogP) is 1.51. The number of morpholine rings is 1. The van der Waals surface area contributed by atoms with Crippen molar-refractivity contribution in [3.8, 4) is 11.8 Å². The summed E-state index contributed by atoms with van der Waals surface area (Å²) in [5, 5.41) is 0.470. The van der Waals surface area contributed by atoms with Crippen molar-refractivity contribution in [2.24, 2.45) is 5.73 Å². The van der Waals surface area contributed by atoms with Gasteiger partial charge in [0.1, 0.15) is 0 Å². The second-order valence-electron chi connectivity index (χ2n) is 4.63. The number of hydrogen-bond donors (Lipinski definition) is 1. The summed E-state index contributed by atoms with van der Waals surface area (Å²) in [5.41, 5.74) is 6.58. The second kappa shape index (κ2) is 6.76. The van der Waals surface area contributed by atoms with E-state index in [1.165, 1.54) is 0 Å². The van der Waals surface area contributed by atoms with Gasteiger partial charge in [-0.25, -0.2) is 0 Å². The van der Waals surface area contributed by atoms with Crippen LogP contribution in [0.15, 0.2) is 18.2 Å². The molecule has 5 heteroatoms. The van der Waals surface area contributed by atoms with E-state index in [9.17, 15) is 4.79 Å². The van der Waals surface area contributed by atoms with Crippen molar-refractivity contribution in [3.63, 3.8) is 0 Å². The lowest BCUT2D eigenvalue weighted by Gasteiger charge is -2.31. The summed E-state index contributed by atoms with van der Waals surface area (Å²) >= 11 is 6.14. The van der Waals surface area contributed by atoms with Crippen LogP contribution in [0, 0.1) is 11.8 Å². The van der Waals surface area contributed by atoms with Crippen LogP contribution in [0.25, 0.3) is 0 Å². The topological polar surface area (TPSA) is 55.6 Å². The first-order chi connectivity index (χ1) is 9.61. The standard InChI is InChI=1S/C15H17ClN2O2/c1-11-10-18(7-8-20-11)15(19)13-5-4-12(3-2-6-17)14(16)9-13/h4-5,9,11H,6-8,10,17H2,1H3. The normalized spacial score (nSPS) is 18.4. The van der Waals surface area contributed by atoms with Crippen molar-refractivity contribution in [1.82, 2.24) is 4.90 Å². The maximum Gasteiger partial charge on any atom is 0.254 e. The Morgan fingerprint density at radius 2 is 2.40 bits per heavy atom. The van der Waals surface area contributed by atoms with Gasteiger partial charge in [0, 0.05) is 24.2 Å². The molecule has 1 amide bonds. The van der Waals surface area contributed by atoms with Crippen LogP contribution >= 0.6 is 11.6 Å². The first-order valence-electron chi connectivity index (χ1n) is 6.51. The van der Waals surface area contributed by atoms with Crippen molar-refractivity contribution in [3.05, 3.63) is 34.3 Å². The number of nitrogens with zero attached hydrogens (tertiary/aromatic N) is 1. The van der Waals surface area contributed by atoms with E-state index in [0.717, 1.165) is 0 Å². The number of amides is 1. The Balaban J connectivity index is 2.16. The molecule has 2 rings (SSSR count). The Hall–Kier alpha value is -1.54. The second-order valence-corrected chi connectivity index (χ2v) is 5.04. The van der Waals surface area contributed by atoms with E-state index in [1.807, 2.05) is 6.92 Å². The summed E-state index contributed by atoms with van der Waals surface area (Å²) in [7, 11) is 0. The molecule has 4 nitrogen and oxygen atoms in total. The van der Waals surface area contributed by atoms with Crippen molar-refractivity contribution in [2.75, 3.05) is 26.2 Å². The quantitative estimate of drug-likeness (QED) is 0.798. The van der Waals surface area contributed by atoms with E-state index < -0.39 is 0 Å². The molecular formula is C15H17ClN2O2. The number of rotatable bonds is 1. The predicted molar refractivity (Wildman–Crippen MR) is 78.7 cm³/mol. The van der Waals surface area contributed by atoms with Crippen LogP contribution in [0.5, 0.6) is 0 Å². The fraction of sp³-hybridized carbons (Fsp3) is 0.400. The third kappa shape index (κ3) is 3.51. The number of hydrogen-bond acceptors (Lipinski definition) is 3. The first-order valence-corrected chi connectivity index (χ1v) is 6.89. The number of halogens is 1. The van der Waals surface area contributed by atoms with E-state index in [2.05, 4.69) is 11.8 Å². The minimum absolute atomic E-state index is 0.0274. The van der Waals surface area contributed by atoms with Crippen molar-refractivity contribution in [1.29, 1.82) is 0 Å². The Labute approximate surface area is 123 Å². The van der Waals surface area contributed by atoms with E-state index in [-0.39, 0.29) is 18.6 Å². The van der Waals surface area contributed by atoms with Gasteiger partial charge in [-0.3, -0.25) is 4.79 Å². The summed E-state index contributed by atoms with van der Waals surface area (Å²) in [4.78, 5) is 14.2. The third-order valence-corrected chi connectivity index (χ3v) is 3.38. The molecule has 1 aromatic carbocycles. The summed E-state index contributed by atoms with van der Waals surface area (Å²) in [5.74, 6) is 5.59. The highest BCUT2D eigenvalue weighted by Gasteiger charge is 2.22. The molecule has 1 aromatic rings. The molecular weight excluding hydrogens is 276 g/mol. The molecule has 1 saturated heterocycles. The van der Waals surface area contributed by atoms with Gasteiger partial charge >= 0.3 is 0 Å². The van der Waals surface area contributed by atoms with Crippen LogP contribution in [0.3, 0.4) is 0 Å². The SMILES string of the molecule is CC1CN(C(=O)c2ccc(C#CCN)c(Cl)c2)CCO1. The molecule has 0 aromatic heterocycles. The van der Waals surface area contributed by atoms with Crippen LogP contribution in [-0.2, 0) is 4.74 Å². The maximum absolute atomic E-state index is 12.4. The Kier molecular flexibility index (Phi) is 5.02. The van der Waals surface area contributed by atoms with E-state index in [0.29, 0.717) is 35.8 Å². The number of benzene rings is 1. The number of ether oxygens (including phenoxy) is 1. The van der Waals surface area contributed by atoms with Gasteiger partial charge < -0.3 is 15.4 Å². The Morgan fingerprint density at radius 3 is 3.05 bits per heavy atom. The minimum atomic E-state index is -0.0274. The van der Waals surface area contributed by atoms with Crippen molar-refractivity contribution in [2.45, 2.75) is 13.0 Å². The molecule has 0 radical (unpaired) electrons. The molecule has 1 atom stereocenters. The molecule has 0 aliphatic carbocycles.